The third-order valence-corrected chi connectivity index (χ3v) is 4.07. The molecular weight excluding hydrogens is 244 g/mol. The van der Waals surface area contributed by atoms with E-state index in [4.69, 9.17) is 4.74 Å². The second-order valence-electron chi connectivity index (χ2n) is 3.92. The largest absolute Gasteiger partial charge is 0.380 e. The van der Waals surface area contributed by atoms with Crippen LogP contribution in [0, 0.1) is 0 Å². The Hall–Kier alpha value is -1.18. The predicted octanol–water partition coefficient (Wildman–Crippen LogP) is -0.168. The number of hydrogen-bond donors (Lipinski definition) is 2. The van der Waals surface area contributed by atoms with Gasteiger partial charge in [0.2, 0.25) is 15.6 Å². The Morgan fingerprint density at radius 3 is 2.82 bits per heavy atom. The molecule has 0 aliphatic carbocycles. The lowest BCUT2D eigenvalue weighted by molar-refractivity contribution is 0.0774. The monoisotopic (exact) mass is 258 g/mol. The van der Waals surface area contributed by atoms with Gasteiger partial charge in [-0.15, -0.1) is 0 Å². The van der Waals surface area contributed by atoms with Crippen LogP contribution in [0.15, 0.2) is 28.0 Å². The zero-order valence-corrected chi connectivity index (χ0v) is 10.00. The van der Waals surface area contributed by atoms with Crippen LogP contribution < -0.4 is 10.3 Å². The fourth-order valence-electron chi connectivity index (χ4n) is 1.68. The number of rotatable bonds is 3. The molecule has 1 unspecified atom stereocenters. The molecule has 0 amide bonds. The molecule has 2 rings (SSSR count). The minimum absolute atomic E-state index is 0.0580. The molecule has 7 heteroatoms. The highest BCUT2D eigenvalue weighted by atomic mass is 32.2. The first kappa shape index (κ1) is 12.3. The molecule has 1 atom stereocenters. The van der Waals surface area contributed by atoms with Crippen molar-refractivity contribution < 1.29 is 13.2 Å². The molecular formula is C10H14N2O4S. The number of nitrogens with one attached hydrogen (secondary N) is 2. The summed E-state index contributed by atoms with van der Waals surface area (Å²) in [6, 6.07) is 2.28. The third kappa shape index (κ3) is 3.15. The Labute approximate surface area is 99.1 Å². The van der Waals surface area contributed by atoms with E-state index < -0.39 is 10.0 Å². The summed E-state index contributed by atoms with van der Waals surface area (Å²) in [4.78, 5) is 13.2. The van der Waals surface area contributed by atoms with Gasteiger partial charge in [-0.3, -0.25) is 4.79 Å². The summed E-state index contributed by atoms with van der Waals surface area (Å²) in [5.74, 6) is 0. The van der Waals surface area contributed by atoms with E-state index in [2.05, 4.69) is 9.71 Å². The molecule has 0 aromatic carbocycles. The highest BCUT2D eigenvalue weighted by molar-refractivity contribution is 7.89. The summed E-state index contributed by atoms with van der Waals surface area (Å²) in [6.45, 7) is 1.07. The molecule has 0 spiro atoms. The smallest absolute Gasteiger partial charge is 0.247 e. The molecule has 17 heavy (non-hydrogen) atoms. The van der Waals surface area contributed by atoms with Crippen molar-refractivity contribution in [1.82, 2.24) is 9.71 Å². The SMILES string of the molecule is O=c1ccc(S(=O)(=O)NC2CCCOC2)c[nH]1. The van der Waals surface area contributed by atoms with Crippen LogP contribution >= 0.6 is 0 Å². The van der Waals surface area contributed by atoms with E-state index in [9.17, 15) is 13.2 Å². The van der Waals surface area contributed by atoms with Gasteiger partial charge in [-0.2, -0.15) is 0 Å². The van der Waals surface area contributed by atoms with E-state index in [0.717, 1.165) is 12.8 Å². The maximum atomic E-state index is 11.9. The van der Waals surface area contributed by atoms with Crippen LogP contribution in [0.5, 0.6) is 0 Å². The molecule has 1 aliphatic rings. The second-order valence-corrected chi connectivity index (χ2v) is 5.64. The summed E-state index contributed by atoms with van der Waals surface area (Å²) in [7, 11) is -3.58. The third-order valence-electron chi connectivity index (χ3n) is 2.55. The molecule has 1 fully saturated rings. The van der Waals surface area contributed by atoms with Crippen LogP contribution in [0.25, 0.3) is 0 Å². The fourth-order valence-corrected chi connectivity index (χ4v) is 2.91. The van der Waals surface area contributed by atoms with Gasteiger partial charge < -0.3 is 9.72 Å². The summed E-state index contributed by atoms with van der Waals surface area (Å²) >= 11 is 0. The summed E-state index contributed by atoms with van der Waals surface area (Å²) in [5, 5.41) is 0. The van der Waals surface area contributed by atoms with E-state index in [0.29, 0.717) is 13.2 Å². The molecule has 2 heterocycles. The average Bonchev–Trinajstić information content (AvgIpc) is 2.30. The van der Waals surface area contributed by atoms with Crippen molar-refractivity contribution in [2.24, 2.45) is 0 Å². The van der Waals surface area contributed by atoms with Crippen LogP contribution in [0.4, 0.5) is 0 Å². The summed E-state index contributed by atoms with van der Waals surface area (Å²) in [6.07, 6.45) is 2.80. The summed E-state index contributed by atoms with van der Waals surface area (Å²) in [5.41, 5.74) is -0.329. The van der Waals surface area contributed by atoms with Gasteiger partial charge in [-0.05, 0) is 18.9 Å². The van der Waals surface area contributed by atoms with E-state index >= 15 is 0 Å². The van der Waals surface area contributed by atoms with Crippen molar-refractivity contribution in [2.75, 3.05) is 13.2 Å². The minimum Gasteiger partial charge on any atom is -0.380 e. The van der Waals surface area contributed by atoms with Crippen molar-refractivity contribution in [2.45, 2.75) is 23.8 Å². The number of ether oxygens (including phenoxy) is 1. The predicted molar refractivity (Wildman–Crippen MR) is 61.2 cm³/mol. The molecule has 1 saturated heterocycles. The minimum atomic E-state index is -3.58. The van der Waals surface area contributed by atoms with Crippen molar-refractivity contribution in [3.05, 3.63) is 28.7 Å². The molecule has 1 aliphatic heterocycles. The maximum absolute atomic E-state index is 11.9. The lowest BCUT2D eigenvalue weighted by atomic mass is 10.1. The first-order valence-electron chi connectivity index (χ1n) is 5.37. The first-order chi connectivity index (χ1) is 8.08. The van der Waals surface area contributed by atoms with E-state index in [1.807, 2.05) is 0 Å². The van der Waals surface area contributed by atoms with Crippen LogP contribution in [0.1, 0.15) is 12.8 Å². The number of aromatic amines is 1. The molecule has 0 radical (unpaired) electrons. The van der Waals surface area contributed by atoms with Gasteiger partial charge in [0.05, 0.1) is 11.5 Å². The van der Waals surface area contributed by atoms with E-state index in [-0.39, 0.29) is 16.5 Å². The number of aromatic nitrogens is 1. The van der Waals surface area contributed by atoms with Crippen molar-refractivity contribution in [3.63, 3.8) is 0 Å². The standard InChI is InChI=1S/C10H14N2O4S/c13-10-4-3-9(6-11-10)17(14,15)12-8-2-1-5-16-7-8/h3-4,6,8,12H,1-2,5,7H2,(H,11,13). The number of pyridine rings is 1. The van der Waals surface area contributed by atoms with Crippen LogP contribution in [0.3, 0.4) is 0 Å². The highest BCUT2D eigenvalue weighted by Gasteiger charge is 2.22. The summed E-state index contributed by atoms with van der Waals surface area (Å²) < 4.78 is 31.6. The van der Waals surface area contributed by atoms with Gasteiger partial charge in [0.15, 0.2) is 0 Å². The Morgan fingerprint density at radius 1 is 1.41 bits per heavy atom. The lowest BCUT2D eigenvalue weighted by Crippen LogP contribution is -2.40. The normalized spacial score (nSPS) is 21.3. The van der Waals surface area contributed by atoms with E-state index in [1.54, 1.807) is 0 Å². The first-order valence-corrected chi connectivity index (χ1v) is 6.85. The lowest BCUT2D eigenvalue weighted by Gasteiger charge is -2.22. The van der Waals surface area contributed by atoms with Crippen molar-refractivity contribution in [1.29, 1.82) is 0 Å². The Bertz CT molecular complexity index is 511. The molecule has 1 aromatic rings. The van der Waals surface area contributed by atoms with Gasteiger partial charge >= 0.3 is 0 Å². The van der Waals surface area contributed by atoms with Gasteiger partial charge in [0, 0.05) is 24.9 Å². The molecule has 94 valence electrons. The van der Waals surface area contributed by atoms with Gasteiger partial charge in [-0.1, -0.05) is 0 Å². The van der Waals surface area contributed by atoms with Gasteiger partial charge in [0.25, 0.3) is 0 Å². The van der Waals surface area contributed by atoms with Gasteiger partial charge in [0.1, 0.15) is 0 Å². The molecule has 0 saturated carbocycles. The number of hydrogen-bond acceptors (Lipinski definition) is 4. The average molecular weight is 258 g/mol. The number of sulfonamides is 1. The molecule has 0 bridgehead atoms. The Balaban J connectivity index is 2.12. The van der Waals surface area contributed by atoms with Crippen molar-refractivity contribution >= 4 is 10.0 Å². The van der Waals surface area contributed by atoms with Crippen LogP contribution in [-0.2, 0) is 14.8 Å². The fraction of sp³-hybridized carbons (Fsp3) is 0.500. The highest BCUT2D eigenvalue weighted by Crippen LogP contribution is 2.11. The van der Waals surface area contributed by atoms with E-state index in [1.165, 1.54) is 18.3 Å². The number of H-pyrrole nitrogens is 1. The molecule has 6 nitrogen and oxygen atoms in total. The zero-order valence-electron chi connectivity index (χ0n) is 9.18. The van der Waals surface area contributed by atoms with Gasteiger partial charge in [-0.25, -0.2) is 13.1 Å². The van der Waals surface area contributed by atoms with Crippen molar-refractivity contribution in [3.8, 4) is 0 Å². The Morgan fingerprint density at radius 2 is 2.24 bits per heavy atom. The van der Waals surface area contributed by atoms with Crippen LogP contribution in [-0.4, -0.2) is 32.7 Å². The quantitative estimate of drug-likeness (QED) is 0.788. The molecule has 1 aromatic heterocycles. The topological polar surface area (TPSA) is 88.3 Å². The maximum Gasteiger partial charge on any atom is 0.247 e. The van der Waals surface area contributed by atoms with Crippen LogP contribution in [0.2, 0.25) is 0 Å². The second kappa shape index (κ2) is 4.99. The molecule has 2 N–H and O–H groups in total. The zero-order chi connectivity index (χ0) is 12.3. The Kier molecular flexibility index (Phi) is 3.60.